The van der Waals surface area contributed by atoms with E-state index in [2.05, 4.69) is 4.74 Å². The molecule has 0 spiro atoms. The lowest BCUT2D eigenvalue weighted by Crippen LogP contribution is -2.11. The van der Waals surface area contributed by atoms with Gasteiger partial charge in [-0.1, -0.05) is 12.8 Å². The number of rotatable bonds is 8. The topological polar surface area (TPSA) is 69.4 Å². The molecule has 0 aliphatic heterocycles. The molecule has 6 heteroatoms. The molecule has 0 aromatic carbocycles. The predicted octanol–water partition coefficient (Wildman–Crippen LogP) is 2.34. The fourth-order valence-corrected chi connectivity index (χ4v) is 1.30. The maximum atomic E-state index is 10.7. The Morgan fingerprint density at radius 1 is 1.40 bits per heavy atom. The molecule has 0 aliphatic carbocycles. The van der Waals surface area contributed by atoms with Gasteiger partial charge in [0.2, 0.25) is 0 Å². The van der Waals surface area contributed by atoms with Gasteiger partial charge in [0.05, 0.1) is 7.11 Å². The zero-order valence-corrected chi connectivity index (χ0v) is 9.53. The highest BCUT2D eigenvalue weighted by Crippen LogP contribution is 2.11. The average molecular weight is 238 g/mol. The van der Waals surface area contributed by atoms with E-state index in [0.717, 1.165) is 25.7 Å². The van der Waals surface area contributed by atoms with E-state index in [1.54, 1.807) is 0 Å². The summed E-state index contributed by atoms with van der Waals surface area (Å²) in [6.45, 7) is 0. The highest BCUT2D eigenvalue weighted by molar-refractivity contribution is 6.19. The number of esters is 1. The van der Waals surface area contributed by atoms with E-state index in [4.69, 9.17) is 11.6 Å². The van der Waals surface area contributed by atoms with Crippen molar-refractivity contribution >= 4 is 17.6 Å². The Hall–Kier alpha value is -0.840. The second kappa shape index (κ2) is 8.47. The first-order valence-corrected chi connectivity index (χ1v) is 5.36. The van der Waals surface area contributed by atoms with Gasteiger partial charge < -0.3 is 4.74 Å². The monoisotopic (exact) mass is 237 g/mol. The summed E-state index contributed by atoms with van der Waals surface area (Å²) < 4.78 is 4.48. The fourth-order valence-electron chi connectivity index (χ4n) is 1.14. The molecule has 0 aromatic heterocycles. The zero-order valence-electron chi connectivity index (χ0n) is 8.78. The summed E-state index contributed by atoms with van der Waals surface area (Å²) >= 11 is 5.43. The number of carbonyl (C=O) groups excluding carboxylic acids is 1. The fraction of sp³-hybridized carbons (Fsp3) is 0.889. The van der Waals surface area contributed by atoms with Crippen molar-refractivity contribution in [2.75, 3.05) is 7.11 Å². The molecule has 0 fully saturated rings. The molecule has 88 valence electrons. The molecule has 0 aromatic rings. The summed E-state index contributed by atoms with van der Waals surface area (Å²) in [4.78, 5) is 20.4. The minimum atomic E-state index is -0.981. The van der Waals surface area contributed by atoms with E-state index in [1.165, 1.54) is 7.11 Å². The van der Waals surface area contributed by atoms with Crippen LogP contribution in [0.15, 0.2) is 0 Å². The first kappa shape index (κ1) is 14.2. The van der Waals surface area contributed by atoms with Crippen molar-refractivity contribution in [1.29, 1.82) is 0 Å². The van der Waals surface area contributed by atoms with Crippen LogP contribution in [0.3, 0.4) is 0 Å². The van der Waals surface area contributed by atoms with Crippen LogP contribution in [0.25, 0.3) is 0 Å². The van der Waals surface area contributed by atoms with Crippen molar-refractivity contribution in [3.63, 3.8) is 0 Å². The third-order valence-corrected chi connectivity index (χ3v) is 2.41. The largest absolute Gasteiger partial charge is 0.469 e. The standard InChI is InChI=1S/C9H16ClNO4/c1-15-9(12)7-5-3-2-4-6-8(10)11(13)14/h8H,2-7H2,1H3. The van der Waals surface area contributed by atoms with Crippen LogP contribution in [0.5, 0.6) is 0 Å². The lowest BCUT2D eigenvalue weighted by atomic mass is 10.1. The van der Waals surface area contributed by atoms with Gasteiger partial charge in [0.15, 0.2) is 0 Å². The number of nitro groups is 1. The first-order chi connectivity index (χ1) is 7.07. The summed E-state index contributed by atoms with van der Waals surface area (Å²) in [5.74, 6) is -0.212. The third kappa shape index (κ3) is 8.17. The van der Waals surface area contributed by atoms with Gasteiger partial charge in [0.25, 0.3) is 5.50 Å². The Labute approximate surface area is 93.9 Å². The van der Waals surface area contributed by atoms with Gasteiger partial charge in [-0.3, -0.25) is 14.9 Å². The molecule has 15 heavy (non-hydrogen) atoms. The molecule has 0 aliphatic rings. The number of halogens is 1. The van der Waals surface area contributed by atoms with Gasteiger partial charge in [0.1, 0.15) is 0 Å². The third-order valence-electron chi connectivity index (χ3n) is 2.03. The number of ether oxygens (including phenoxy) is 1. The van der Waals surface area contributed by atoms with Crippen molar-refractivity contribution < 1.29 is 14.5 Å². The zero-order chi connectivity index (χ0) is 11.7. The van der Waals surface area contributed by atoms with E-state index >= 15 is 0 Å². The van der Waals surface area contributed by atoms with Gasteiger partial charge in [0, 0.05) is 17.8 Å². The van der Waals surface area contributed by atoms with Crippen molar-refractivity contribution in [1.82, 2.24) is 0 Å². The molecule has 0 saturated heterocycles. The van der Waals surface area contributed by atoms with Crippen LogP contribution in [0, 0.1) is 10.1 Å². The van der Waals surface area contributed by atoms with Crippen LogP contribution in [-0.2, 0) is 9.53 Å². The van der Waals surface area contributed by atoms with E-state index in [-0.39, 0.29) is 5.97 Å². The van der Waals surface area contributed by atoms with Gasteiger partial charge >= 0.3 is 5.97 Å². The molecule has 0 heterocycles. The van der Waals surface area contributed by atoms with Crippen molar-refractivity contribution in [2.24, 2.45) is 0 Å². The Kier molecular flexibility index (Phi) is 7.99. The van der Waals surface area contributed by atoms with E-state index in [0.29, 0.717) is 12.8 Å². The second-order valence-corrected chi connectivity index (χ2v) is 3.75. The Morgan fingerprint density at radius 2 is 2.00 bits per heavy atom. The molecule has 1 atom stereocenters. The van der Waals surface area contributed by atoms with Gasteiger partial charge in [-0.2, -0.15) is 0 Å². The summed E-state index contributed by atoms with van der Waals surface area (Å²) in [5, 5.41) is 10.2. The quantitative estimate of drug-likeness (QED) is 0.162. The molecule has 0 rings (SSSR count). The molecular weight excluding hydrogens is 222 g/mol. The maximum absolute atomic E-state index is 10.7. The van der Waals surface area contributed by atoms with E-state index in [9.17, 15) is 14.9 Å². The molecule has 0 bridgehead atoms. The lowest BCUT2D eigenvalue weighted by molar-refractivity contribution is -0.499. The van der Waals surface area contributed by atoms with Crippen LogP contribution in [0.4, 0.5) is 0 Å². The Morgan fingerprint density at radius 3 is 2.53 bits per heavy atom. The minimum Gasteiger partial charge on any atom is -0.469 e. The summed E-state index contributed by atoms with van der Waals surface area (Å²) in [5.41, 5.74) is -0.981. The molecule has 0 amide bonds. The van der Waals surface area contributed by atoms with Crippen LogP contribution in [-0.4, -0.2) is 23.5 Å². The van der Waals surface area contributed by atoms with E-state index in [1.807, 2.05) is 0 Å². The number of unbranched alkanes of at least 4 members (excludes halogenated alkanes) is 3. The summed E-state index contributed by atoms with van der Waals surface area (Å²) in [6, 6.07) is 0. The molecule has 5 nitrogen and oxygen atoms in total. The number of methoxy groups -OCH3 is 1. The van der Waals surface area contributed by atoms with E-state index < -0.39 is 10.4 Å². The SMILES string of the molecule is COC(=O)CCCCCCC(Cl)[N+](=O)[O-]. The molecule has 0 N–H and O–H groups in total. The average Bonchev–Trinajstić information content (AvgIpc) is 2.22. The van der Waals surface area contributed by atoms with Crippen LogP contribution in [0.1, 0.15) is 38.5 Å². The Balaban J connectivity index is 3.25. The number of carbonyl (C=O) groups is 1. The minimum absolute atomic E-state index is 0.212. The van der Waals surface area contributed by atoms with Gasteiger partial charge in [-0.05, 0) is 24.4 Å². The Bertz CT molecular complexity index is 210. The lowest BCUT2D eigenvalue weighted by Gasteiger charge is -2.02. The van der Waals surface area contributed by atoms with Crippen molar-refractivity contribution in [2.45, 2.75) is 44.0 Å². The summed E-state index contributed by atoms with van der Waals surface area (Å²) in [7, 11) is 1.36. The van der Waals surface area contributed by atoms with Gasteiger partial charge in [-0.15, -0.1) is 0 Å². The highest BCUT2D eigenvalue weighted by Gasteiger charge is 2.13. The predicted molar refractivity (Wildman–Crippen MR) is 56.4 cm³/mol. The summed E-state index contributed by atoms with van der Waals surface area (Å²) in [6.07, 6.45) is 4.00. The normalized spacial score (nSPS) is 12.1. The number of alkyl halides is 1. The van der Waals surface area contributed by atoms with Crippen LogP contribution < -0.4 is 0 Å². The van der Waals surface area contributed by atoms with Crippen molar-refractivity contribution in [3.8, 4) is 0 Å². The maximum Gasteiger partial charge on any atom is 0.305 e. The van der Waals surface area contributed by atoms with Crippen LogP contribution >= 0.6 is 11.6 Å². The molecular formula is C9H16ClNO4. The number of hydrogen-bond acceptors (Lipinski definition) is 4. The highest BCUT2D eigenvalue weighted by atomic mass is 35.5. The molecule has 0 saturated carbocycles. The number of nitrogens with zero attached hydrogens (tertiary/aromatic N) is 1. The number of hydrogen-bond donors (Lipinski definition) is 0. The smallest absolute Gasteiger partial charge is 0.305 e. The second-order valence-electron chi connectivity index (χ2n) is 3.25. The first-order valence-electron chi connectivity index (χ1n) is 4.92. The molecule has 1 unspecified atom stereocenters. The van der Waals surface area contributed by atoms with Crippen LogP contribution in [0.2, 0.25) is 0 Å². The molecule has 0 radical (unpaired) electrons. The van der Waals surface area contributed by atoms with Gasteiger partial charge in [-0.25, -0.2) is 0 Å². The van der Waals surface area contributed by atoms with Crippen molar-refractivity contribution in [3.05, 3.63) is 10.1 Å².